The molecule has 1 fully saturated rings. The molecule has 0 saturated carbocycles. The van der Waals surface area contributed by atoms with Crippen LogP contribution in [0.25, 0.3) is 0 Å². The van der Waals surface area contributed by atoms with Gasteiger partial charge in [-0.05, 0) is 27.2 Å². The first-order valence-corrected chi connectivity index (χ1v) is 7.21. The molecule has 1 aliphatic rings. The molecule has 0 amide bonds. The summed E-state index contributed by atoms with van der Waals surface area (Å²) in [4.78, 5) is 6.10. The molecule has 1 heterocycles. The quantitative estimate of drug-likeness (QED) is 0.531. The van der Waals surface area contributed by atoms with Crippen LogP contribution in [-0.4, -0.2) is 49.4 Å². The average Bonchev–Trinajstić information content (AvgIpc) is 2.41. The third-order valence-electron chi connectivity index (χ3n) is 2.57. The van der Waals surface area contributed by atoms with Crippen molar-refractivity contribution in [2.75, 3.05) is 18.6 Å². The van der Waals surface area contributed by atoms with E-state index in [9.17, 15) is 8.42 Å². The molecule has 0 aromatic rings. The lowest BCUT2D eigenvalue weighted by Crippen LogP contribution is -2.43. The van der Waals surface area contributed by atoms with E-state index < -0.39 is 9.84 Å². The van der Waals surface area contributed by atoms with E-state index in [1.807, 2.05) is 20.8 Å². The lowest BCUT2D eigenvalue weighted by Gasteiger charge is -2.26. The van der Waals surface area contributed by atoms with Gasteiger partial charge in [-0.2, -0.15) is 0 Å². The van der Waals surface area contributed by atoms with E-state index in [-0.39, 0.29) is 23.1 Å². The highest BCUT2D eigenvalue weighted by molar-refractivity contribution is 7.91. The zero-order valence-corrected chi connectivity index (χ0v) is 11.2. The second kappa shape index (κ2) is 4.24. The number of aliphatic imine (C=N–C) groups is 1. The maximum atomic E-state index is 11.3. The largest absolute Gasteiger partial charge is 0.370 e. The average molecular weight is 247 g/mol. The van der Waals surface area contributed by atoms with Gasteiger partial charge in [-0.25, -0.2) is 13.4 Å². The number of hydrogen-bond donors (Lipinski definition) is 1. The normalized spacial score (nSPS) is 25.8. The van der Waals surface area contributed by atoms with Crippen LogP contribution in [0.2, 0.25) is 0 Å². The Morgan fingerprint density at radius 2 is 2.00 bits per heavy atom. The van der Waals surface area contributed by atoms with Gasteiger partial charge in [-0.15, -0.1) is 0 Å². The fraction of sp³-hybridized carbons (Fsp3) is 0.900. The van der Waals surface area contributed by atoms with Crippen molar-refractivity contribution >= 4 is 15.8 Å². The number of hydrogen-bond acceptors (Lipinski definition) is 3. The summed E-state index contributed by atoms with van der Waals surface area (Å²) in [5, 5.41) is 0. The van der Waals surface area contributed by atoms with Gasteiger partial charge in [0, 0.05) is 13.1 Å². The van der Waals surface area contributed by atoms with E-state index in [1.54, 1.807) is 11.9 Å². The Labute approximate surface area is 97.6 Å². The fourth-order valence-electron chi connectivity index (χ4n) is 1.69. The summed E-state index contributed by atoms with van der Waals surface area (Å²) in [6, 6.07) is -0.0314. The summed E-state index contributed by atoms with van der Waals surface area (Å²) >= 11 is 0. The van der Waals surface area contributed by atoms with Crippen LogP contribution in [0, 0.1) is 0 Å². The molecule has 0 radical (unpaired) electrons. The maximum Gasteiger partial charge on any atom is 0.191 e. The Morgan fingerprint density at radius 3 is 2.38 bits per heavy atom. The van der Waals surface area contributed by atoms with Gasteiger partial charge in [0.1, 0.15) is 0 Å². The number of guanidine groups is 1. The predicted octanol–water partition coefficient (Wildman–Crippen LogP) is 0.219. The molecule has 6 heteroatoms. The first-order chi connectivity index (χ1) is 7.11. The van der Waals surface area contributed by atoms with Crippen LogP contribution < -0.4 is 5.73 Å². The second-order valence-corrected chi connectivity index (χ2v) is 7.54. The van der Waals surface area contributed by atoms with Crippen LogP contribution in [-0.2, 0) is 9.84 Å². The number of nitrogens with zero attached hydrogens (tertiary/aromatic N) is 2. The second-order valence-electron chi connectivity index (χ2n) is 5.31. The van der Waals surface area contributed by atoms with Gasteiger partial charge in [0.05, 0.1) is 17.0 Å². The molecular formula is C10H21N3O2S. The topological polar surface area (TPSA) is 75.8 Å². The first kappa shape index (κ1) is 13.3. The van der Waals surface area contributed by atoms with Crippen molar-refractivity contribution in [1.29, 1.82) is 0 Å². The lowest BCUT2D eigenvalue weighted by molar-refractivity contribution is 0.385. The van der Waals surface area contributed by atoms with Crippen molar-refractivity contribution in [3.05, 3.63) is 0 Å². The molecule has 1 rings (SSSR count). The molecule has 16 heavy (non-hydrogen) atoms. The van der Waals surface area contributed by atoms with Gasteiger partial charge < -0.3 is 10.6 Å². The van der Waals surface area contributed by atoms with Crippen LogP contribution in [0.3, 0.4) is 0 Å². The highest BCUT2D eigenvalue weighted by atomic mass is 32.2. The number of rotatable bonds is 1. The van der Waals surface area contributed by atoms with Crippen LogP contribution in [0.5, 0.6) is 0 Å². The first-order valence-electron chi connectivity index (χ1n) is 5.39. The molecular weight excluding hydrogens is 226 g/mol. The van der Waals surface area contributed by atoms with E-state index in [1.165, 1.54) is 0 Å². The molecule has 1 saturated heterocycles. The molecule has 94 valence electrons. The van der Waals surface area contributed by atoms with E-state index >= 15 is 0 Å². The van der Waals surface area contributed by atoms with Gasteiger partial charge in [-0.1, -0.05) is 0 Å². The number of sulfone groups is 1. The molecule has 1 aliphatic heterocycles. The zero-order chi connectivity index (χ0) is 12.6. The molecule has 2 N–H and O–H groups in total. The molecule has 0 aromatic carbocycles. The van der Waals surface area contributed by atoms with Crippen LogP contribution in [0.1, 0.15) is 27.2 Å². The van der Waals surface area contributed by atoms with E-state index in [0.29, 0.717) is 12.4 Å². The van der Waals surface area contributed by atoms with Crippen molar-refractivity contribution in [3.8, 4) is 0 Å². The summed E-state index contributed by atoms with van der Waals surface area (Å²) in [5.74, 6) is 0.851. The Hall–Kier alpha value is -0.780. The van der Waals surface area contributed by atoms with E-state index in [4.69, 9.17) is 5.73 Å². The van der Waals surface area contributed by atoms with E-state index in [2.05, 4.69) is 4.99 Å². The van der Waals surface area contributed by atoms with Crippen molar-refractivity contribution in [2.45, 2.75) is 38.8 Å². The van der Waals surface area contributed by atoms with Gasteiger partial charge in [-0.3, -0.25) is 0 Å². The molecule has 0 aliphatic carbocycles. The minimum Gasteiger partial charge on any atom is -0.370 e. The summed E-state index contributed by atoms with van der Waals surface area (Å²) in [6.07, 6.45) is 0.638. The van der Waals surface area contributed by atoms with Gasteiger partial charge >= 0.3 is 0 Å². The van der Waals surface area contributed by atoms with Gasteiger partial charge in [0.15, 0.2) is 15.8 Å². The van der Waals surface area contributed by atoms with Gasteiger partial charge in [0.25, 0.3) is 0 Å². The molecule has 0 aromatic heterocycles. The third kappa shape index (κ3) is 3.66. The van der Waals surface area contributed by atoms with Crippen molar-refractivity contribution in [3.63, 3.8) is 0 Å². The maximum absolute atomic E-state index is 11.3. The molecule has 1 atom stereocenters. The highest BCUT2D eigenvalue weighted by Crippen LogP contribution is 2.17. The molecule has 0 spiro atoms. The summed E-state index contributed by atoms with van der Waals surface area (Å²) in [6.45, 7) is 5.87. The van der Waals surface area contributed by atoms with Crippen molar-refractivity contribution < 1.29 is 8.42 Å². The monoisotopic (exact) mass is 247 g/mol. The Balaban J connectivity index is 2.73. The highest BCUT2D eigenvalue weighted by Gasteiger charge is 2.31. The predicted molar refractivity (Wildman–Crippen MR) is 66.2 cm³/mol. The Kier molecular flexibility index (Phi) is 3.52. The minimum atomic E-state index is -2.87. The summed E-state index contributed by atoms with van der Waals surface area (Å²) in [7, 11) is -1.07. The van der Waals surface area contributed by atoms with Crippen LogP contribution >= 0.6 is 0 Å². The summed E-state index contributed by atoms with van der Waals surface area (Å²) < 4.78 is 22.7. The summed E-state index contributed by atoms with van der Waals surface area (Å²) in [5.41, 5.74) is 5.61. The lowest BCUT2D eigenvalue weighted by atomic mass is 10.1. The van der Waals surface area contributed by atoms with Crippen molar-refractivity contribution in [1.82, 2.24) is 4.90 Å². The van der Waals surface area contributed by atoms with Crippen LogP contribution in [0.4, 0.5) is 0 Å². The van der Waals surface area contributed by atoms with E-state index in [0.717, 1.165) is 0 Å². The third-order valence-corrected chi connectivity index (χ3v) is 4.32. The molecule has 1 unspecified atom stereocenters. The van der Waals surface area contributed by atoms with Crippen molar-refractivity contribution in [2.24, 2.45) is 10.7 Å². The smallest absolute Gasteiger partial charge is 0.191 e. The number of nitrogens with two attached hydrogens (primary N) is 1. The SMILES string of the molecule is CN(C(N)=NC(C)(C)C)C1CCS(=O)(=O)C1. The molecule has 5 nitrogen and oxygen atoms in total. The fourth-order valence-corrected chi connectivity index (χ4v) is 3.46. The zero-order valence-electron chi connectivity index (χ0n) is 10.4. The Bertz CT molecular complexity index is 381. The Morgan fingerprint density at radius 1 is 1.44 bits per heavy atom. The minimum absolute atomic E-state index is 0.0314. The molecule has 0 bridgehead atoms. The standard InChI is InChI=1S/C10H21N3O2S/c1-10(2,3)12-9(11)13(4)8-5-6-16(14,15)7-8/h8H,5-7H2,1-4H3,(H2,11,12). The van der Waals surface area contributed by atoms with Crippen LogP contribution in [0.15, 0.2) is 4.99 Å². The van der Waals surface area contributed by atoms with Gasteiger partial charge in [0.2, 0.25) is 0 Å².